The number of anilines is 1. The van der Waals surface area contributed by atoms with Gasteiger partial charge in [0.15, 0.2) is 0 Å². The molecule has 1 fully saturated rings. The molecule has 0 spiro atoms. The third kappa shape index (κ3) is 3.89. The molecule has 3 aromatic carbocycles. The van der Waals surface area contributed by atoms with Gasteiger partial charge < -0.3 is 20.9 Å². The summed E-state index contributed by atoms with van der Waals surface area (Å²) in [6.07, 6.45) is 2.09. The highest BCUT2D eigenvalue weighted by Gasteiger charge is 2.22. The summed E-state index contributed by atoms with van der Waals surface area (Å²) >= 11 is 0. The summed E-state index contributed by atoms with van der Waals surface area (Å²) in [7, 11) is 0. The standard InChI is InChI=1S/C25H24N4O3/c30-22-15-29(13-12-26-22)24(31)19-6-4-16(5-7-19)14-27-25(32)28-21-11-10-18-9-8-17-2-1-3-20(21)23(17)18/h1-7,10-11H,8-9,12-15H2,(H,26,30)(H2,27,28,32). The van der Waals surface area contributed by atoms with Gasteiger partial charge in [-0.3, -0.25) is 9.59 Å². The molecule has 1 saturated heterocycles. The fourth-order valence-corrected chi connectivity index (χ4v) is 4.46. The zero-order valence-electron chi connectivity index (χ0n) is 17.6. The molecule has 0 radical (unpaired) electrons. The van der Waals surface area contributed by atoms with Crippen LogP contribution in [0.1, 0.15) is 27.0 Å². The Balaban J connectivity index is 1.20. The number of hydrogen-bond donors (Lipinski definition) is 3. The van der Waals surface area contributed by atoms with Crippen molar-refractivity contribution in [2.75, 3.05) is 25.0 Å². The van der Waals surface area contributed by atoms with Crippen LogP contribution in [0.2, 0.25) is 0 Å². The van der Waals surface area contributed by atoms with Crippen LogP contribution in [0, 0.1) is 0 Å². The maximum Gasteiger partial charge on any atom is 0.319 e. The number of rotatable bonds is 4. The van der Waals surface area contributed by atoms with Gasteiger partial charge in [-0.05, 0) is 53.1 Å². The van der Waals surface area contributed by atoms with Crippen LogP contribution in [0.25, 0.3) is 10.8 Å². The van der Waals surface area contributed by atoms with E-state index in [1.807, 2.05) is 30.3 Å². The second kappa shape index (κ2) is 8.34. The first-order valence-electron chi connectivity index (χ1n) is 10.8. The number of aryl methyl sites for hydroxylation is 2. The average molecular weight is 428 g/mol. The zero-order chi connectivity index (χ0) is 22.1. The summed E-state index contributed by atoms with van der Waals surface area (Å²) in [6.45, 7) is 1.40. The molecule has 2 aliphatic rings. The number of carbonyl (C=O) groups excluding carboxylic acids is 3. The Bertz CT molecular complexity index is 1210. The van der Waals surface area contributed by atoms with Crippen LogP contribution in [0.4, 0.5) is 10.5 Å². The van der Waals surface area contributed by atoms with Gasteiger partial charge in [-0.15, -0.1) is 0 Å². The number of piperazine rings is 1. The lowest BCUT2D eigenvalue weighted by Gasteiger charge is -2.26. The van der Waals surface area contributed by atoms with Crippen LogP contribution >= 0.6 is 0 Å². The minimum absolute atomic E-state index is 0.0828. The number of nitrogens with one attached hydrogen (secondary N) is 3. The second-order valence-corrected chi connectivity index (χ2v) is 8.19. The van der Waals surface area contributed by atoms with Gasteiger partial charge in [-0.1, -0.05) is 36.4 Å². The van der Waals surface area contributed by atoms with E-state index in [4.69, 9.17) is 0 Å². The summed E-state index contributed by atoms with van der Waals surface area (Å²) < 4.78 is 0. The van der Waals surface area contributed by atoms with E-state index in [1.54, 1.807) is 12.1 Å². The molecule has 4 amide bonds. The molecule has 0 bridgehead atoms. The molecule has 1 heterocycles. The van der Waals surface area contributed by atoms with E-state index in [0.717, 1.165) is 29.5 Å². The van der Waals surface area contributed by atoms with Gasteiger partial charge in [0.05, 0.1) is 12.2 Å². The lowest BCUT2D eigenvalue weighted by Crippen LogP contribution is -2.49. The van der Waals surface area contributed by atoms with Crippen LogP contribution in [0.5, 0.6) is 0 Å². The van der Waals surface area contributed by atoms with E-state index in [9.17, 15) is 14.4 Å². The fourth-order valence-electron chi connectivity index (χ4n) is 4.46. The SMILES string of the molecule is O=C1CN(C(=O)c2ccc(CNC(=O)Nc3ccc4c5c(cccc35)CC4)cc2)CCN1. The molecule has 0 aromatic heterocycles. The van der Waals surface area contributed by atoms with Crippen molar-refractivity contribution in [2.24, 2.45) is 0 Å². The van der Waals surface area contributed by atoms with Crippen LogP contribution in [-0.2, 0) is 24.2 Å². The molecule has 32 heavy (non-hydrogen) atoms. The number of amides is 4. The summed E-state index contributed by atoms with van der Waals surface area (Å²) in [5.74, 6) is -0.305. The lowest BCUT2D eigenvalue weighted by molar-refractivity contribution is -0.123. The van der Waals surface area contributed by atoms with Crippen LogP contribution in [0.3, 0.4) is 0 Å². The Morgan fingerprint density at radius 3 is 2.53 bits per heavy atom. The molecule has 7 nitrogen and oxygen atoms in total. The smallest absolute Gasteiger partial charge is 0.319 e. The van der Waals surface area contributed by atoms with E-state index in [-0.39, 0.29) is 24.4 Å². The van der Waals surface area contributed by atoms with Gasteiger partial charge in [0.2, 0.25) is 5.91 Å². The average Bonchev–Trinajstić information content (AvgIpc) is 3.24. The topological polar surface area (TPSA) is 90.5 Å². The van der Waals surface area contributed by atoms with Gasteiger partial charge in [0, 0.05) is 30.6 Å². The highest BCUT2D eigenvalue weighted by atomic mass is 16.2. The molecule has 3 N–H and O–H groups in total. The fraction of sp³-hybridized carbons (Fsp3) is 0.240. The third-order valence-corrected chi connectivity index (χ3v) is 6.10. The highest BCUT2D eigenvalue weighted by molar-refractivity contribution is 6.04. The number of nitrogens with zero attached hydrogens (tertiary/aromatic N) is 1. The molecule has 0 saturated carbocycles. The third-order valence-electron chi connectivity index (χ3n) is 6.10. The molecular weight excluding hydrogens is 404 g/mol. The number of urea groups is 1. The van der Waals surface area contributed by atoms with Crippen molar-refractivity contribution in [3.63, 3.8) is 0 Å². The molecule has 5 rings (SSSR count). The van der Waals surface area contributed by atoms with E-state index < -0.39 is 0 Å². The van der Waals surface area contributed by atoms with E-state index >= 15 is 0 Å². The number of carbonyl (C=O) groups is 3. The van der Waals surface area contributed by atoms with Crippen LogP contribution in [-0.4, -0.2) is 42.4 Å². The van der Waals surface area contributed by atoms with E-state index in [1.165, 1.54) is 21.4 Å². The van der Waals surface area contributed by atoms with Crippen molar-refractivity contribution in [1.82, 2.24) is 15.5 Å². The molecule has 3 aromatic rings. The summed E-state index contributed by atoms with van der Waals surface area (Å²) in [5, 5.41) is 10.9. The Hall–Kier alpha value is -3.87. The molecule has 1 aliphatic heterocycles. The van der Waals surface area contributed by atoms with E-state index in [2.05, 4.69) is 28.1 Å². The van der Waals surface area contributed by atoms with Gasteiger partial charge >= 0.3 is 6.03 Å². The molecule has 0 atom stereocenters. The van der Waals surface area contributed by atoms with Crippen molar-refractivity contribution in [3.05, 3.63) is 76.9 Å². The predicted molar refractivity (Wildman–Crippen MR) is 123 cm³/mol. The largest absolute Gasteiger partial charge is 0.353 e. The Morgan fingerprint density at radius 1 is 0.969 bits per heavy atom. The molecule has 7 heteroatoms. The van der Waals surface area contributed by atoms with Crippen LogP contribution in [0.15, 0.2) is 54.6 Å². The Kier molecular flexibility index (Phi) is 5.23. The normalized spacial score (nSPS) is 14.9. The van der Waals surface area contributed by atoms with E-state index in [0.29, 0.717) is 25.2 Å². The van der Waals surface area contributed by atoms with Gasteiger partial charge in [-0.2, -0.15) is 0 Å². The van der Waals surface area contributed by atoms with Gasteiger partial charge in [-0.25, -0.2) is 4.79 Å². The first kappa shape index (κ1) is 20.1. The van der Waals surface area contributed by atoms with Gasteiger partial charge in [0.25, 0.3) is 5.91 Å². The number of hydrogen-bond acceptors (Lipinski definition) is 3. The zero-order valence-corrected chi connectivity index (χ0v) is 17.6. The summed E-state index contributed by atoms with van der Waals surface area (Å²) in [5.41, 5.74) is 4.88. The summed E-state index contributed by atoms with van der Waals surface area (Å²) in [4.78, 5) is 38.1. The maximum atomic E-state index is 12.6. The lowest BCUT2D eigenvalue weighted by atomic mass is 10.0. The molecular formula is C25H24N4O3. The van der Waals surface area contributed by atoms with Crippen molar-refractivity contribution in [1.29, 1.82) is 0 Å². The van der Waals surface area contributed by atoms with Gasteiger partial charge in [0.1, 0.15) is 0 Å². The minimum Gasteiger partial charge on any atom is -0.353 e. The Morgan fingerprint density at radius 2 is 1.75 bits per heavy atom. The van der Waals surface area contributed by atoms with Crippen molar-refractivity contribution in [2.45, 2.75) is 19.4 Å². The van der Waals surface area contributed by atoms with Crippen molar-refractivity contribution < 1.29 is 14.4 Å². The number of benzene rings is 3. The Labute approximate surface area is 185 Å². The quantitative estimate of drug-likeness (QED) is 0.597. The predicted octanol–water partition coefficient (Wildman–Crippen LogP) is 2.83. The maximum absolute atomic E-state index is 12.6. The first-order chi connectivity index (χ1) is 15.6. The molecule has 162 valence electrons. The van der Waals surface area contributed by atoms with Crippen LogP contribution < -0.4 is 16.0 Å². The monoisotopic (exact) mass is 428 g/mol. The first-order valence-corrected chi connectivity index (χ1v) is 10.8. The minimum atomic E-state index is -0.275. The van der Waals surface area contributed by atoms with Crippen molar-refractivity contribution >= 4 is 34.3 Å². The molecule has 1 aliphatic carbocycles. The summed E-state index contributed by atoms with van der Waals surface area (Å²) in [6, 6.07) is 17.1. The highest BCUT2D eigenvalue weighted by Crippen LogP contribution is 2.34. The second-order valence-electron chi connectivity index (χ2n) is 8.19. The van der Waals surface area contributed by atoms with Crippen molar-refractivity contribution in [3.8, 4) is 0 Å². The molecule has 0 unspecified atom stereocenters.